The molecule has 1 heterocycles. The lowest BCUT2D eigenvalue weighted by atomic mass is 10.0. The molecule has 0 aliphatic heterocycles. The zero-order valence-electron chi connectivity index (χ0n) is 9.08. The van der Waals surface area contributed by atoms with Crippen molar-refractivity contribution in [2.45, 2.75) is 38.1 Å². The van der Waals surface area contributed by atoms with E-state index in [1.54, 1.807) is 0 Å². The van der Waals surface area contributed by atoms with Crippen LogP contribution in [0.4, 0.5) is 0 Å². The molecule has 1 aliphatic rings. The van der Waals surface area contributed by atoms with Crippen molar-refractivity contribution in [3.8, 4) is 0 Å². The molecule has 2 rings (SSSR count). The van der Waals surface area contributed by atoms with Crippen LogP contribution >= 0.6 is 0 Å². The molecule has 78 valence electrons. The van der Waals surface area contributed by atoms with Crippen LogP contribution in [-0.2, 0) is 13.6 Å². The van der Waals surface area contributed by atoms with Crippen molar-refractivity contribution in [3.05, 3.63) is 17.5 Å². The number of hydrogen-bond donors (Lipinski definition) is 1. The number of aryl methyl sites for hydroxylation is 1. The first-order valence-electron chi connectivity index (χ1n) is 5.48. The summed E-state index contributed by atoms with van der Waals surface area (Å²) in [5.74, 6) is 0.722. The molecule has 1 saturated carbocycles. The summed E-state index contributed by atoms with van der Waals surface area (Å²) in [6.45, 7) is 0.944. The van der Waals surface area contributed by atoms with E-state index in [1.165, 1.54) is 36.9 Å². The molecule has 1 aromatic rings. The third-order valence-electron chi connectivity index (χ3n) is 3.05. The second kappa shape index (κ2) is 4.13. The molecule has 1 aromatic heterocycles. The van der Waals surface area contributed by atoms with Gasteiger partial charge in [0.2, 0.25) is 0 Å². The predicted molar refractivity (Wildman–Crippen MR) is 57.2 cm³/mol. The fourth-order valence-corrected chi connectivity index (χ4v) is 2.42. The summed E-state index contributed by atoms with van der Waals surface area (Å²) in [7, 11) is 4.00. The van der Waals surface area contributed by atoms with Gasteiger partial charge < -0.3 is 5.32 Å². The molecule has 1 fully saturated rings. The molecular weight excluding hydrogens is 174 g/mol. The first kappa shape index (κ1) is 9.71. The van der Waals surface area contributed by atoms with Crippen LogP contribution in [0.3, 0.4) is 0 Å². The van der Waals surface area contributed by atoms with Gasteiger partial charge >= 0.3 is 0 Å². The van der Waals surface area contributed by atoms with Gasteiger partial charge in [-0.25, -0.2) is 0 Å². The normalized spacial score (nSPS) is 17.9. The van der Waals surface area contributed by atoms with Gasteiger partial charge in [-0.1, -0.05) is 12.8 Å². The van der Waals surface area contributed by atoms with Crippen LogP contribution in [0.25, 0.3) is 0 Å². The summed E-state index contributed by atoms with van der Waals surface area (Å²) in [5, 5.41) is 7.80. The molecule has 3 heteroatoms. The van der Waals surface area contributed by atoms with Gasteiger partial charge in [-0.05, 0) is 19.9 Å². The zero-order valence-corrected chi connectivity index (χ0v) is 9.08. The van der Waals surface area contributed by atoms with Crippen LogP contribution in [0.5, 0.6) is 0 Å². The van der Waals surface area contributed by atoms with Crippen LogP contribution in [0, 0.1) is 0 Å². The molecule has 0 bridgehead atoms. The lowest BCUT2D eigenvalue weighted by Crippen LogP contribution is -2.07. The van der Waals surface area contributed by atoms with E-state index in [9.17, 15) is 0 Å². The second-order valence-corrected chi connectivity index (χ2v) is 4.22. The Morgan fingerprint density at radius 2 is 2.21 bits per heavy atom. The fraction of sp³-hybridized carbons (Fsp3) is 0.727. The highest BCUT2D eigenvalue weighted by molar-refractivity contribution is 5.21. The largest absolute Gasteiger partial charge is 0.316 e. The Kier molecular flexibility index (Phi) is 2.87. The molecular formula is C11H19N3. The number of hydrogen-bond acceptors (Lipinski definition) is 2. The third-order valence-corrected chi connectivity index (χ3v) is 3.05. The van der Waals surface area contributed by atoms with E-state index >= 15 is 0 Å². The van der Waals surface area contributed by atoms with Gasteiger partial charge in [0, 0.05) is 31.3 Å². The van der Waals surface area contributed by atoms with Crippen molar-refractivity contribution in [2.24, 2.45) is 7.05 Å². The van der Waals surface area contributed by atoms with Gasteiger partial charge in [0.25, 0.3) is 0 Å². The van der Waals surface area contributed by atoms with Crippen molar-refractivity contribution in [1.82, 2.24) is 15.1 Å². The van der Waals surface area contributed by atoms with Crippen LogP contribution in [0.1, 0.15) is 42.9 Å². The minimum Gasteiger partial charge on any atom is -0.316 e. The second-order valence-electron chi connectivity index (χ2n) is 4.22. The maximum Gasteiger partial charge on any atom is 0.0700 e. The summed E-state index contributed by atoms with van der Waals surface area (Å²) in [6.07, 6.45) is 7.55. The smallest absolute Gasteiger partial charge is 0.0700 e. The molecule has 0 spiro atoms. The Balaban J connectivity index is 2.21. The van der Waals surface area contributed by atoms with E-state index < -0.39 is 0 Å². The van der Waals surface area contributed by atoms with Crippen LogP contribution < -0.4 is 5.32 Å². The highest BCUT2D eigenvalue weighted by Crippen LogP contribution is 2.34. The van der Waals surface area contributed by atoms with Crippen molar-refractivity contribution in [3.63, 3.8) is 0 Å². The minimum absolute atomic E-state index is 0.722. The molecule has 0 aromatic carbocycles. The summed E-state index contributed by atoms with van der Waals surface area (Å²) in [6, 6.07) is 0. The molecule has 1 aliphatic carbocycles. The lowest BCUT2D eigenvalue weighted by Gasteiger charge is -2.07. The summed E-state index contributed by atoms with van der Waals surface area (Å²) < 4.78 is 1.94. The van der Waals surface area contributed by atoms with Gasteiger partial charge in [-0.3, -0.25) is 4.68 Å². The van der Waals surface area contributed by atoms with Gasteiger partial charge in [-0.2, -0.15) is 5.10 Å². The topological polar surface area (TPSA) is 29.9 Å². The van der Waals surface area contributed by atoms with Crippen molar-refractivity contribution in [2.75, 3.05) is 7.05 Å². The van der Waals surface area contributed by atoms with Gasteiger partial charge in [0.05, 0.1) is 5.69 Å². The van der Waals surface area contributed by atoms with Crippen molar-refractivity contribution < 1.29 is 0 Å². The molecule has 0 amide bonds. The first-order chi connectivity index (χ1) is 6.81. The van der Waals surface area contributed by atoms with Gasteiger partial charge in [-0.15, -0.1) is 0 Å². The Morgan fingerprint density at radius 3 is 2.86 bits per heavy atom. The SMILES string of the molecule is CNCc1cn(C)nc1C1CCCC1. The van der Waals surface area contributed by atoms with E-state index in [0.29, 0.717) is 0 Å². The maximum atomic E-state index is 4.59. The van der Waals surface area contributed by atoms with Crippen molar-refractivity contribution in [1.29, 1.82) is 0 Å². The van der Waals surface area contributed by atoms with Crippen molar-refractivity contribution >= 4 is 0 Å². The van der Waals surface area contributed by atoms with Crippen LogP contribution in [-0.4, -0.2) is 16.8 Å². The van der Waals surface area contributed by atoms with Crippen LogP contribution in [0.2, 0.25) is 0 Å². The maximum absolute atomic E-state index is 4.59. The molecule has 0 saturated heterocycles. The predicted octanol–water partition coefficient (Wildman–Crippen LogP) is 1.80. The molecule has 14 heavy (non-hydrogen) atoms. The quantitative estimate of drug-likeness (QED) is 0.793. The molecule has 3 nitrogen and oxygen atoms in total. The Morgan fingerprint density at radius 1 is 1.50 bits per heavy atom. The summed E-state index contributed by atoms with van der Waals surface area (Å²) in [5.41, 5.74) is 2.71. The number of aromatic nitrogens is 2. The Labute approximate surface area is 85.5 Å². The summed E-state index contributed by atoms with van der Waals surface area (Å²) in [4.78, 5) is 0. The molecule has 1 N–H and O–H groups in total. The van der Waals surface area contributed by atoms with E-state index in [0.717, 1.165) is 12.5 Å². The number of nitrogens with zero attached hydrogens (tertiary/aromatic N) is 2. The molecule has 0 atom stereocenters. The van der Waals surface area contributed by atoms with E-state index in [-0.39, 0.29) is 0 Å². The monoisotopic (exact) mass is 193 g/mol. The average Bonchev–Trinajstić information content (AvgIpc) is 2.74. The van der Waals surface area contributed by atoms with E-state index in [4.69, 9.17) is 0 Å². The fourth-order valence-electron chi connectivity index (χ4n) is 2.42. The zero-order chi connectivity index (χ0) is 9.97. The minimum atomic E-state index is 0.722. The van der Waals surface area contributed by atoms with E-state index in [2.05, 4.69) is 16.6 Å². The first-order valence-corrected chi connectivity index (χ1v) is 5.48. The number of rotatable bonds is 3. The highest BCUT2D eigenvalue weighted by Gasteiger charge is 2.22. The Bertz CT molecular complexity index is 297. The van der Waals surface area contributed by atoms with Gasteiger partial charge in [0.15, 0.2) is 0 Å². The third kappa shape index (κ3) is 1.82. The highest BCUT2D eigenvalue weighted by atomic mass is 15.3. The number of nitrogens with one attached hydrogen (secondary N) is 1. The van der Waals surface area contributed by atoms with Crippen LogP contribution in [0.15, 0.2) is 6.20 Å². The van der Waals surface area contributed by atoms with E-state index in [1.807, 2.05) is 18.8 Å². The Hall–Kier alpha value is -0.830. The standard InChI is InChI=1S/C11H19N3/c1-12-7-10-8-14(2)13-11(10)9-5-3-4-6-9/h8-9,12H,3-7H2,1-2H3. The molecule has 0 radical (unpaired) electrons. The lowest BCUT2D eigenvalue weighted by molar-refractivity contribution is 0.650. The average molecular weight is 193 g/mol. The summed E-state index contributed by atoms with van der Waals surface area (Å²) >= 11 is 0. The molecule has 0 unspecified atom stereocenters. The van der Waals surface area contributed by atoms with Gasteiger partial charge in [0.1, 0.15) is 0 Å².